The molecule has 0 aromatic heterocycles. The monoisotopic (exact) mass is 545 g/mol. The van der Waals surface area contributed by atoms with Gasteiger partial charge in [-0.3, -0.25) is 4.79 Å². The van der Waals surface area contributed by atoms with Crippen molar-refractivity contribution in [1.29, 1.82) is 0 Å². The highest BCUT2D eigenvalue weighted by molar-refractivity contribution is 7.89. The van der Waals surface area contributed by atoms with Gasteiger partial charge >= 0.3 is 12.1 Å². The summed E-state index contributed by atoms with van der Waals surface area (Å²) in [6, 6.07) is 14.8. The average Bonchev–Trinajstić information content (AvgIpc) is 2.87. The summed E-state index contributed by atoms with van der Waals surface area (Å²) in [5.74, 6) is -2.35. The van der Waals surface area contributed by atoms with E-state index in [0.29, 0.717) is 44.0 Å². The maximum absolute atomic E-state index is 13.2. The summed E-state index contributed by atoms with van der Waals surface area (Å²) >= 11 is 0. The van der Waals surface area contributed by atoms with E-state index in [0.717, 1.165) is 11.1 Å². The van der Waals surface area contributed by atoms with Gasteiger partial charge in [-0.05, 0) is 36.8 Å². The first-order valence-electron chi connectivity index (χ1n) is 11.3. The summed E-state index contributed by atoms with van der Waals surface area (Å²) in [5, 5.41) is 10.3. The second-order valence-corrected chi connectivity index (χ2v) is 10.3. The van der Waals surface area contributed by atoms with Gasteiger partial charge in [0.05, 0.1) is 12.9 Å². The number of nitrogens with zero attached hydrogens (tertiary/aromatic N) is 2. The van der Waals surface area contributed by atoms with Crippen molar-refractivity contribution in [2.24, 2.45) is 0 Å². The van der Waals surface area contributed by atoms with E-state index in [2.05, 4.69) is 5.32 Å². The number of methoxy groups -OCH3 is 1. The van der Waals surface area contributed by atoms with Crippen LogP contribution in [0.4, 0.5) is 13.2 Å². The number of alkyl halides is 3. The molecule has 0 bridgehead atoms. The van der Waals surface area contributed by atoms with Crippen LogP contribution in [-0.4, -0.2) is 86.4 Å². The summed E-state index contributed by atoms with van der Waals surface area (Å²) in [5.41, 5.74) is 2.49. The number of sulfonamides is 1. The Hall–Kier alpha value is -3.16. The number of carbonyl (C=O) groups is 2. The highest BCUT2D eigenvalue weighted by Crippen LogP contribution is 2.17. The summed E-state index contributed by atoms with van der Waals surface area (Å²) in [7, 11) is -1.84. The Labute approximate surface area is 213 Å². The topological polar surface area (TPSA) is 116 Å². The smallest absolute Gasteiger partial charge is 0.490 e. The van der Waals surface area contributed by atoms with Crippen LogP contribution in [0.3, 0.4) is 0 Å². The van der Waals surface area contributed by atoms with Gasteiger partial charge in [-0.15, -0.1) is 0 Å². The fourth-order valence-electron chi connectivity index (χ4n) is 3.40. The zero-order valence-corrected chi connectivity index (χ0v) is 21.3. The molecular weight excluding hydrogens is 515 g/mol. The minimum absolute atomic E-state index is 0.103. The number of amides is 1. The van der Waals surface area contributed by atoms with Gasteiger partial charge in [0.2, 0.25) is 10.0 Å². The molecule has 9 nitrogen and oxygen atoms in total. The number of aryl methyl sites for hydroxylation is 1. The lowest BCUT2D eigenvalue weighted by atomic mass is 10.1. The first-order valence-corrected chi connectivity index (χ1v) is 12.9. The Kier molecular flexibility index (Phi) is 10.9. The van der Waals surface area contributed by atoms with E-state index in [-0.39, 0.29) is 18.2 Å². The van der Waals surface area contributed by atoms with Crippen molar-refractivity contribution in [3.8, 4) is 5.75 Å². The number of rotatable bonds is 8. The van der Waals surface area contributed by atoms with Crippen LogP contribution in [0.25, 0.3) is 0 Å². The third-order valence-electron chi connectivity index (χ3n) is 5.42. The Morgan fingerprint density at radius 1 is 1.11 bits per heavy atom. The summed E-state index contributed by atoms with van der Waals surface area (Å²) in [6.45, 7) is 4.61. The predicted molar refractivity (Wildman–Crippen MR) is 131 cm³/mol. The number of benzene rings is 2. The van der Waals surface area contributed by atoms with Crippen LogP contribution in [0.1, 0.15) is 21.5 Å². The lowest BCUT2D eigenvalue weighted by Gasteiger charge is -2.28. The molecule has 0 radical (unpaired) electrons. The highest BCUT2D eigenvalue weighted by atomic mass is 32.2. The number of carbonyl (C=O) groups excluding carboxylic acids is 1. The fraction of sp³-hybridized carbons (Fsp3) is 0.417. The lowest BCUT2D eigenvalue weighted by Crippen LogP contribution is -2.48. The average molecular weight is 546 g/mol. The number of hydrogen-bond donors (Lipinski definition) is 2. The van der Waals surface area contributed by atoms with Crippen molar-refractivity contribution in [2.45, 2.75) is 19.6 Å². The molecule has 1 fully saturated rings. The van der Waals surface area contributed by atoms with E-state index in [1.54, 1.807) is 24.1 Å². The van der Waals surface area contributed by atoms with E-state index in [9.17, 15) is 26.4 Å². The molecule has 0 unspecified atom stereocenters. The van der Waals surface area contributed by atoms with Gasteiger partial charge in [-0.25, -0.2) is 13.2 Å². The molecule has 13 heteroatoms. The third-order valence-corrected chi connectivity index (χ3v) is 7.27. The van der Waals surface area contributed by atoms with Gasteiger partial charge in [-0.1, -0.05) is 29.8 Å². The number of nitrogens with one attached hydrogen (secondary N) is 1. The summed E-state index contributed by atoms with van der Waals surface area (Å²) in [4.78, 5) is 23.7. The number of aliphatic carboxylic acids is 1. The molecule has 2 aromatic carbocycles. The number of piperazine rings is 1. The van der Waals surface area contributed by atoms with E-state index in [1.165, 1.54) is 4.31 Å². The highest BCUT2D eigenvalue weighted by Gasteiger charge is 2.38. The zero-order valence-electron chi connectivity index (χ0n) is 20.5. The molecule has 1 saturated heterocycles. The van der Waals surface area contributed by atoms with Crippen LogP contribution in [0, 0.1) is 6.92 Å². The van der Waals surface area contributed by atoms with Crippen molar-refractivity contribution < 1.29 is 41.0 Å². The van der Waals surface area contributed by atoms with E-state index in [4.69, 9.17) is 14.6 Å². The second kappa shape index (κ2) is 13.4. The first-order chi connectivity index (χ1) is 17.3. The standard InChI is InChI=1S/C22H29N3O4S.C2HF3O2/c1-18-6-8-20(9-7-18)22(26)24(17-19-4-3-5-21(16-19)29-2)14-15-30(27,28)25-12-10-23-11-13-25;3-2(4,5)1(6)7/h3-9,16,23H,10-15,17H2,1-2H3;(H,6,7). The molecule has 1 amide bonds. The Balaban J connectivity index is 0.000000604. The van der Waals surface area contributed by atoms with Gasteiger partial charge in [0.1, 0.15) is 5.75 Å². The minimum atomic E-state index is -5.08. The van der Waals surface area contributed by atoms with E-state index in [1.807, 2.05) is 43.3 Å². The molecule has 3 rings (SSSR count). The third kappa shape index (κ3) is 9.67. The molecule has 0 atom stereocenters. The van der Waals surface area contributed by atoms with E-state index < -0.39 is 22.2 Å². The minimum Gasteiger partial charge on any atom is -0.497 e. The molecule has 37 heavy (non-hydrogen) atoms. The van der Waals surface area contributed by atoms with Crippen LogP contribution in [0.5, 0.6) is 5.75 Å². The van der Waals surface area contributed by atoms with Gasteiger partial charge in [-0.2, -0.15) is 17.5 Å². The number of carboxylic acid groups (broad SMARTS) is 1. The van der Waals surface area contributed by atoms with E-state index >= 15 is 0 Å². The Morgan fingerprint density at radius 3 is 2.24 bits per heavy atom. The van der Waals surface area contributed by atoms with Crippen molar-refractivity contribution in [1.82, 2.24) is 14.5 Å². The number of halogens is 3. The number of hydrogen-bond acceptors (Lipinski definition) is 6. The SMILES string of the molecule is COc1cccc(CN(CCS(=O)(=O)N2CCNCC2)C(=O)c2ccc(C)cc2)c1.O=C(O)C(F)(F)F. The number of ether oxygens (including phenoxy) is 1. The molecule has 0 saturated carbocycles. The molecule has 204 valence electrons. The molecule has 0 aliphatic carbocycles. The second-order valence-electron chi connectivity index (χ2n) is 8.21. The molecule has 2 aromatic rings. The summed E-state index contributed by atoms with van der Waals surface area (Å²) < 4.78 is 64.1. The molecule has 1 heterocycles. The molecular formula is C24H30F3N3O6S. The van der Waals surface area contributed by atoms with Crippen molar-refractivity contribution in [3.05, 3.63) is 65.2 Å². The van der Waals surface area contributed by atoms with Crippen LogP contribution >= 0.6 is 0 Å². The van der Waals surface area contributed by atoms with Gasteiger partial charge in [0.25, 0.3) is 5.91 Å². The van der Waals surface area contributed by atoms with Crippen LogP contribution in [0.15, 0.2) is 48.5 Å². The Bertz CT molecular complexity index is 1150. The zero-order chi connectivity index (χ0) is 27.6. The Morgan fingerprint density at radius 2 is 1.70 bits per heavy atom. The van der Waals surface area contributed by atoms with Gasteiger partial charge in [0.15, 0.2) is 0 Å². The first kappa shape index (κ1) is 30.1. The van der Waals surface area contributed by atoms with Crippen LogP contribution in [-0.2, 0) is 21.4 Å². The largest absolute Gasteiger partial charge is 0.497 e. The van der Waals surface area contributed by atoms with Crippen LogP contribution in [0.2, 0.25) is 0 Å². The van der Waals surface area contributed by atoms with Gasteiger partial charge in [0, 0.05) is 44.8 Å². The maximum Gasteiger partial charge on any atom is 0.490 e. The molecule has 0 spiro atoms. The van der Waals surface area contributed by atoms with Crippen molar-refractivity contribution in [2.75, 3.05) is 45.6 Å². The van der Waals surface area contributed by atoms with Crippen molar-refractivity contribution in [3.63, 3.8) is 0 Å². The fourth-order valence-corrected chi connectivity index (χ4v) is 4.85. The quantitative estimate of drug-likeness (QED) is 0.524. The van der Waals surface area contributed by atoms with Crippen LogP contribution < -0.4 is 10.1 Å². The molecule has 1 aliphatic rings. The van der Waals surface area contributed by atoms with Gasteiger partial charge < -0.3 is 20.1 Å². The molecule has 1 aliphatic heterocycles. The normalized spacial score (nSPS) is 14.3. The molecule has 2 N–H and O–H groups in total. The lowest BCUT2D eigenvalue weighted by molar-refractivity contribution is -0.192. The van der Waals surface area contributed by atoms with Crippen molar-refractivity contribution >= 4 is 21.9 Å². The summed E-state index contributed by atoms with van der Waals surface area (Å²) in [6.07, 6.45) is -5.08. The maximum atomic E-state index is 13.2. The predicted octanol–water partition coefficient (Wildman–Crippen LogP) is 2.51. The number of carboxylic acids is 1.